The Labute approximate surface area is 72.9 Å². The molecule has 11 heavy (non-hydrogen) atoms. The first kappa shape index (κ1) is 9.41. The summed E-state index contributed by atoms with van der Waals surface area (Å²) in [5.74, 6) is 0. The van der Waals surface area contributed by atoms with Crippen LogP contribution < -0.4 is 0 Å². The van der Waals surface area contributed by atoms with Crippen LogP contribution in [0.3, 0.4) is 0 Å². The highest BCUT2D eigenvalue weighted by atomic mass is 79.9. The average molecular weight is 227 g/mol. The Kier molecular flexibility index (Phi) is 3.27. The molecule has 0 aromatic rings. The van der Waals surface area contributed by atoms with E-state index in [-0.39, 0.29) is 6.42 Å². The zero-order chi connectivity index (χ0) is 8.43. The smallest absolute Gasteiger partial charge is 0.157 e. The molecule has 0 aromatic heterocycles. The fourth-order valence-electron chi connectivity index (χ4n) is 1.06. The molecule has 0 unspecified atom stereocenters. The summed E-state index contributed by atoms with van der Waals surface area (Å²) in [6.07, 6.45) is -3.20. The number of alkyl halides is 1. The fourth-order valence-corrected chi connectivity index (χ4v) is 1.59. The molecule has 4 nitrogen and oxygen atoms in total. The highest BCUT2D eigenvalue weighted by Crippen LogP contribution is 2.19. The molecule has 0 radical (unpaired) electrons. The minimum absolute atomic E-state index is 0.0741. The Morgan fingerprint density at radius 1 is 1.36 bits per heavy atom. The highest BCUT2D eigenvalue weighted by Gasteiger charge is 2.34. The van der Waals surface area contributed by atoms with Gasteiger partial charge in [0.15, 0.2) is 6.29 Å². The van der Waals surface area contributed by atoms with Crippen molar-refractivity contribution in [2.45, 2.75) is 31.0 Å². The van der Waals surface area contributed by atoms with Gasteiger partial charge in [0.2, 0.25) is 0 Å². The number of aliphatic hydroxyl groups excluding tert-OH is 3. The Balaban J connectivity index is 2.51. The molecule has 0 saturated carbocycles. The zero-order valence-corrected chi connectivity index (χ0v) is 7.44. The molecular weight excluding hydrogens is 216 g/mol. The summed E-state index contributed by atoms with van der Waals surface area (Å²) in [7, 11) is 0. The van der Waals surface area contributed by atoms with Gasteiger partial charge in [0, 0.05) is 11.8 Å². The van der Waals surface area contributed by atoms with E-state index in [1.165, 1.54) is 0 Å². The highest BCUT2D eigenvalue weighted by molar-refractivity contribution is 9.09. The lowest BCUT2D eigenvalue weighted by Crippen LogP contribution is -2.48. The monoisotopic (exact) mass is 226 g/mol. The molecule has 0 aromatic carbocycles. The largest absolute Gasteiger partial charge is 0.390 e. The average Bonchev–Trinajstić information content (AvgIpc) is 1.96. The maximum atomic E-state index is 9.24. The van der Waals surface area contributed by atoms with Gasteiger partial charge in [-0.05, 0) is 0 Å². The second-order valence-electron chi connectivity index (χ2n) is 2.58. The van der Waals surface area contributed by atoms with Gasteiger partial charge >= 0.3 is 0 Å². The van der Waals surface area contributed by atoms with E-state index < -0.39 is 24.6 Å². The van der Waals surface area contributed by atoms with Gasteiger partial charge in [0.25, 0.3) is 0 Å². The van der Waals surface area contributed by atoms with Crippen molar-refractivity contribution in [3.63, 3.8) is 0 Å². The summed E-state index contributed by atoms with van der Waals surface area (Å²) >= 11 is 3.10. The molecule has 4 atom stereocenters. The number of aliphatic hydroxyl groups is 3. The first-order valence-corrected chi connectivity index (χ1v) is 4.53. The molecule has 1 saturated heterocycles. The van der Waals surface area contributed by atoms with Crippen molar-refractivity contribution in [1.82, 2.24) is 0 Å². The van der Waals surface area contributed by atoms with Crippen LogP contribution in [0.4, 0.5) is 0 Å². The molecule has 0 spiro atoms. The van der Waals surface area contributed by atoms with Crippen molar-refractivity contribution in [2.24, 2.45) is 0 Å². The van der Waals surface area contributed by atoms with Crippen molar-refractivity contribution in [2.75, 3.05) is 5.33 Å². The number of hydrogen-bond donors (Lipinski definition) is 3. The van der Waals surface area contributed by atoms with Crippen LogP contribution in [0.15, 0.2) is 0 Å². The van der Waals surface area contributed by atoms with Crippen LogP contribution in [0.1, 0.15) is 6.42 Å². The normalized spacial score (nSPS) is 45.8. The summed E-state index contributed by atoms with van der Waals surface area (Å²) in [5.41, 5.74) is 0. The van der Waals surface area contributed by atoms with Crippen LogP contribution in [-0.2, 0) is 4.74 Å². The first-order valence-electron chi connectivity index (χ1n) is 3.40. The van der Waals surface area contributed by atoms with Crippen LogP contribution in [-0.4, -0.2) is 45.3 Å². The molecular formula is C6H11BrO4. The molecule has 66 valence electrons. The van der Waals surface area contributed by atoms with Crippen molar-refractivity contribution in [1.29, 1.82) is 0 Å². The van der Waals surface area contributed by atoms with Crippen molar-refractivity contribution in [3.05, 3.63) is 0 Å². The summed E-state index contributed by atoms with van der Waals surface area (Å²) < 4.78 is 4.92. The van der Waals surface area contributed by atoms with Crippen LogP contribution in [0.25, 0.3) is 0 Å². The molecule has 3 N–H and O–H groups in total. The third-order valence-electron chi connectivity index (χ3n) is 1.70. The van der Waals surface area contributed by atoms with Gasteiger partial charge in [-0.3, -0.25) is 0 Å². The van der Waals surface area contributed by atoms with E-state index in [1.807, 2.05) is 0 Å². The van der Waals surface area contributed by atoms with Gasteiger partial charge in [-0.2, -0.15) is 0 Å². The molecule has 1 aliphatic rings. The fraction of sp³-hybridized carbons (Fsp3) is 1.00. The topological polar surface area (TPSA) is 69.9 Å². The minimum atomic E-state index is -0.962. The van der Waals surface area contributed by atoms with Crippen LogP contribution >= 0.6 is 15.9 Å². The lowest BCUT2D eigenvalue weighted by molar-refractivity contribution is -0.224. The summed E-state index contributed by atoms with van der Waals surface area (Å²) in [4.78, 5) is 0. The van der Waals surface area contributed by atoms with Crippen molar-refractivity contribution < 1.29 is 20.1 Å². The molecule has 1 rings (SSSR count). The molecule has 1 aliphatic heterocycles. The predicted molar refractivity (Wildman–Crippen MR) is 41.3 cm³/mol. The number of rotatable bonds is 1. The third kappa shape index (κ3) is 2.13. The third-order valence-corrected chi connectivity index (χ3v) is 2.34. The zero-order valence-electron chi connectivity index (χ0n) is 5.85. The SMILES string of the molecule is O[C@@H]1[C@@H](O)C[C@H](O)O[C@@H]1CBr. The first-order chi connectivity index (χ1) is 5.15. The summed E-state index contributed by atoms with van der Waals surface area (Å²) in [6, 6.07) is 0. The van der Waals surface area contributed by atoms with Gasteiger partial charge in [-0.1, -0.05) is 15.9 Å². The standard InChI is InChI=1S/C6H11BrO4/c7-2-4-6(10)3(8)1-5(9)11-4/h3-6,8-10H,1-2H2/t3-,4+,5+,6+/m0/s1. The summed E-state index contributed by atoms with van der Waals surface area (Å²) in [5, 5.41) is 27.8. The second-order valence-corrected chi connectivity index (χ2v) is 3.22. The van der Waals surface area contributed by atoms with Crippen molar-refractivity contribution >= 4 is 15.9 Å². The molecule has 1 heterocycles. The lowest BCUT2D eigenvalue weighted by atomic mass is 10.0. The van der Waals surface area contributed by atoms with E-state index in [0.717, 1.165) is 0 Å². The van der Waals surface area contributed by atoms with Gasteiger partial charge in [0.1, 0.15) is 6.10 Å². The Morgan fingerprint density at radius 2 is 2.00 bits per heavy atom. The van der Waals surface area contributed by atoms with Crippen LogP contribution in [0, 0.1) is 0 Å². The van der Waals surface area contributed by atoms with E-state index in [1.54, 1.807) is 0 Å². The van der Waals surface area contributed by atoms with Gasteiger partial charge in [-0.25, -0.2) is 0 Å². The van der Waals surface area contributed by atoms with E-state index in [0.29, 0.717) is 5.33 Å². The quantitative estimate of drug-likeness (QED) is 0.513. The number of hydrogen-bond acceptors (Lipinski definition) is 4. The maximum Gasteiger partial charge on any atom is 0.157 e. The van der Waals surface area contributed by atoms with Gasteiger partial charge in [0.05, 0.1) is 12.2 Å². The van der Waals surface area contributed by atoms with E-state index in [2.05, 4.69) is 15.9 Å². The Hall–Kier alpha value is 0.320. The maximum absolute atomic E-state index is 9.24. The number of halogens is 1. The van der Waals surface area contributed by atoms with E-state index in [9.17, 15) is 5.11 Å². The minimum Gasteiger partial charge on any atom is -0.390 e. The Bertz CT molecular complexity index is 132. The molecule has 0 amide bonds. The predicted octanol–water partition coefficient (Wildman–Crippen LogP) is -0.790. The molecule has 0 bridgehead atoms. The molecule has 1 fully saturated rings. The summed E-state index contributed by atoms with van der Waals surface area (Å²) in [6.45, 7) is 0. The number of ether oxygens (including phenoxy) is 1. The Morgan fingerprint density at radius 3 is 2.55 bits per heavy atom. The van der Waals surface area contributed by atoms with E-state index >= 15 is 0 Å². The van der Waals surface area contributed by atoms with E-state index in [4.69, 9.17) is 14.9 Å². The van der Waals surface area contributed by atoms with Gasteiger partial charge < -0.3 is 20.1 Å². The van der Waals surface area contributed by atoms with Crippen molar-refractivity contribution in [3.8, 4) is 0 Å². The van der Waals surface area contributed by atoms with Crippen LogP contribution in [0.5, 0.6) is 0 Å². The molecule has 0 aliphatic carbocycles. The lowest BCUT2D eigenvalue weighted by Gasteiger charge is -2.33. The molecule has 5 heteroatoms. The van der Waals surface area contributed by atoms with Crippen LogP contribution in [0.2, 0.25) is 0 Å². The second kappa shape index (κ2) is 3.82. The van der Waals surface area contributed by atoms with Gasteiger partial charge in [-0.15, -0.1) is 0 Å².